The van der Waals surface area contributed by atoms with Gasteiger partial charge in [-0.05, 0) is 12.5 Å². The number of halogens is 2. The van der Waals surface area contributed by atoms with Gasteiger partial charge in [-0.25, -0.2) is 8.42 Å². The van der Waals surface area contributed by atoms with Crippen molar-refractivity contribution in [2.24, 2.45) is 0 Å². The van der Waals surface area contributed by atoms with Crippen LogP contribution in [0.25, 0.3) is 0 Å². The first kappa shape index (κ1) is 17.6. The van der Waals surface area contributed by atoms with Crippen LogP contribution in [0.4, 0.5) is 0 Å². The third kappa shape index (κ3) is 5.14. The normalized spacial score (nSPS) is 11.4. The third-order valence-corrected chi connectivity index (χ3v) is 5.26. The van der Waals surface area contributed by atoms with Gasteiger partial charge < -0.3 is 9.47 Å². The highest BCUT2D eigenvalue weighted by atomic mass is 79.9. The molecule has 114 valence electrons. The minimum Gasteiger partial charge on any atom is -0.493 e. The lowest BCUT2D eigenvalue weighted by molar-refractivity contribution is 0.309. The highest BCUT2D eigenvalue weighted by molar-refractivity contribution is 9.08. The molecule has 1 aromatic rings. The Labute approximate surface area is 133 Å². The Morgan fingerprint density at radius 2 is 2.00 bits per heavy atom. The summed E-state index contributed by atoms with van der Waals surface area (Å²) in [5.41, 5.74) is 0.822. The zero-order valence-corrected chi connectivity index (χ0v) is 14.6. The van der Waals surface area contributed by atoms with Crippen LogP contribution in [0.5, 0.6) is 11.5 Å². The number of sulfone groups is 1. The molecular formula is C13H18BrClO4S. The second-order valence-electron chi connectivity index (χ2n) is 4.23. The van der Waals surface area contributed by atoms with Gasteiger partial charge in [0.1, 0.15) is 6.61 Å². The van der Waals surface area contributed by atoms with Crippen molar-refractivity contribution in [2.75, 3.05) is 25.2 Å². The molecule has 1 aromatic carbocycles. The smallest absolute Gasteiger partial charge is 0.165 e. The Bertz CT molecular complexity index is 520. The van der Waals surface area contributed by atoms with Gasteiger partial charge in [-0.3, -0.25) is 0 Å². The van der Waals surface area contributed by atoms with Gasteiger partial charge in [0.25, 0.3) is 0 Å². The summed E-state index contributed by atoms with van der Waals surface area (Å²) < 4.78 is 34.1. The number of alkyl halides is 1. The standard InChI is InChI=1S/C13H18BrClO4S/c1-3-5-20(16,17)6-4-19-13-10(9-14)7-11(15)8-12(13)18-2/h7-8H,3-6,9H2,1-2H3. The largest absolute Gasteiger partial charge is 0.493 e. The third-order valence-electron chi connectivity index (χ3n) is 2.62. The SMILES string of the molecule is CCCS(=O)(=O)CCOc1c(CBr)cc(Cl)cc1OC. The van der Waals surface area contributed by atoms with Gasteiger partial charge in [0, 0.05) is 22.0 Å². The molecule has 7 heteroatoms. The van der Waals surface area contributed by atoms with Crippen LogP contribution in [-0.2, 0) is 15.2 Å². The molecule has 0 N–H and O–H groups in total. The van der Waals surface area contributed by atoms with Crippen LogP contribution in [0.1, 0.15) is 18.9 Å². The van der Waals surface area contributed by atoms with Crippen molar-refractivity contribution in [1.29, 1.82) is 0 Å². The van der Waals surface area contributed by atoms with Crippen LogP contribution in [0.2, 0.25) is 5.02 Å². The second-order valence-corrected chi connectivity index (χ2v) is 7.53. The topological polar surface area (TPSA) is 52.6 Å². The van der Waals surface area contributed by atoms with Crippen molar-refractivity contribution < 1.29 is 17.9 Å². The van der Waals surface area contributed by atoms with Crippen molar-refractivity contribution in [3.63, 3.8) is 0 Å². The maximum Gasteiger partial charge on any atom is 0.165 e. The first-order valence-corrected chi connectivity index (χ1v) is 9.51. The average molecular weight is 386 g/mol. The fourth-order valence-corrected chi connectivity index (χ4v) is 3.53. The minimum atomic E-state index is -3.05. The predicted octanol–water partition coefficient (Wildman–Crippen LogP) is 3.45. The van der Waals surface area contributed by atoms with Gasteiger partial charge in [0.2, 0.25) is 0 Å². The summed E-state index contributed by atoms with van der Waals surface area (Å²) in [7, 11) is -1.53. The summed E-state index contributed by atoms with van der Waals surface area (Å²) in [5, 5.41) is 1.09. The highest BCUT2D eigenvalue weighted by Crippen LogP contribution is 2.35. The van der Waals surface area contributed by atoms with Crippen molar-refractivity contribution in [1.82, 2.24) is 0 Å². The van der Waals surface area contributed by atoms with Crippen LogP contribution in [-0.4, -0.2) is 33.6 Å². The Balaban J connectivity index is 2.82. The van der Waals surface area contributed by atoms with E-state index in [1.807, 2.05) is 6.92 Å². The summed E-state index contributed by atoms with van der Waals surface area (Å²) in [6.45, 7) is 1.93. The molecule has 0 spiro atoms. The summed E-state index contributed by atoms with van der Waals surface area (Å²) >= 11 is 9.32. The van der Waals surface area contributed by atoms with E-state index in [-0.39, 0.29) is 18.1 Å². The van der Waals surface area contributed by atoms with Crippen molar-refractivity contribution in [3.8, 4) is 11.5 Å². The molecule has 4 nitrogen and oxygen atoms in total. The van der Waals surface area contributed by atoms with Gasteiger partial charge in [-0.15, -0.1) is 0 Å². The lowest BCUT2D eigenvalue weighted by atomic mass is 10.2. The molecule has 20 heavy (non-hydrogen) atoms. The molecule has 0 radical (unpaired) electrons. The Hall–Kier alpha value is -0.460. The fourth-order valence-electron chi connectivity index (χ4n) is 1.72. The molecule has 0 aromatic heterocycles. The Kier molecular flexibility index (Phi) is 7.12. The molecule has 0 aliphatic carbocycles. The van der Waals surface area contributed by atoms with Gasteiger partial charge in [-0.1, -0.05) is 34.5 Å². The summed E-state index contributed by atoms with van der Waals surface area (Å²) in [5.74, 6) is 1.20. The van der Waals surface area contributed by atoms with Gasteiger partial charge in [-0.2, -0.15) is 0 Å². The molecule has 0 aliphatic heterocycles. The van der Waals surface area contributed by atoms with Gasteiger partial charge >= 0.3 is 0 Å². The van der Waals surface area contributed by atoms with Crippen LogP contribution < -0.4 is 9.47 Å². The summed E-state index contributed by atoms with van der Waals surface area (Å²) in [6.07, 6.45) is 0.610. The number of rotatable bonds is 8. The van der Waals surface area contributed by atoms with E-state index in [0.717, 1.165) is 5.56 Å². The number of hydrogen-bond donors (Lipinski definition) is 0. The summed E-state index contributed by atoms with van der Waals surface area (Å²) in [4.78, 5) is 0. The maximum atomic E-state index is 11.6. The summed E-state index contributed by atoms with van der Waals surface area (Å²) in [6, 6.07) is 3.40. The van der Waals surface area contributed by atoms with E-state index in [2.05, 4.69) is 15.9 Å². The minimum absolute atomic E-state index is 0.00561. The molecule has 1 rings (SSSR count). The molecule has 0 amide bonds. The fraction of sp³-hybridized carbons (Fsp3) is 0.538. The molecule has 0 unspecified atom stereocenters. The monoisotopic (exact) mass is 384 g/mol. The van der Waals surface area contributed by atoms with Crippen LogP contribution in [0.3, 0.4) is 0 Å². The first-order chi connectivity index (χ1) is 9.43. The molecule has 0 saturated carbocycles. The maximum absolute atomic E-state index is 11.6. The number of benzene rings is 1. The van der Waals surface area contributed by atoms with Crippen LogP contribution in [0.15, 0.2) is 12.1 Å². The Morgan fingerprint density at radius 3 is 2.55 bits per heavy atom. The molecule has 0 heterocycles. The van der Waals surface area contributed by atoms with Crippen LogP contribution in [0, 0.1) is 0 Å². The van der Waals surface area contributed by atoms with Crippen molar-refractivity contribution in [3.05, 3.63) is 22.7 Å². The van der Waals surface area contributed by atoms with Crippen LogP contribution >= 0.6 is 27.5 Å². The highest BCUT2D eigenvalue weighted by Gasteiger charge is 2.14. The first-order valence-electron chi connectivity index (χ1n) is 6.19. The molecule has 0 saturated heterocycles. The quantitative estimate of drug-likeness (QED) is 0.643. The molecule has 0 fully saturated rings. The van der Waals surface area contributed by atoms with E-state index < -0.39 is 9.84 Å². The van der Waals surface area contributed by atoms with E-state index in [4.69, 9.17) is 21.1 Å². The molecular weight excluding hydrogens is 368 g/mol. The van der Waals surface area contributed by atoms with E-state index in [9.17, 15) is 8.42 Å². The van der Waals surface area contributed by atoms with Crippen molar-refractivity contribution >= 4 is 37.4 Å². The van der Waals surface area contributed by atoms with E-state index in [1.165, 1.54) is 7.11 Å². The van der Waals surface area contributed by atoms with Gasteiger partial charge in [0.05, 0.1) is 18.6 Å². The molecule has 0 aliphatic rings. The lowest BCUT2D eigenvalue weighted by Gasteiger charge is -2.14. The number of methoxy groups -OCH3 is 1. The average Bonchev–Trinajstić information content (AvgIpc) is 2.39. The second kappa shape index (κ2) is 8.10. The van der Waals surface area contributed by atoms with E-state index in [0.29, 0.717) is 28.3 Å². The lowest BCUT2D eigenvalue weighted by Crippen LogP contribution is -2.17. The van der Waals surface area contributed by atoms with E-state index >= 15 is 0 Å². The molecule has 0 bridgehead atoms. The molecule has 0 atom stereocenters. The number of ether oxygens (including phenoxy) is 2. The predicted molar refractivity (Wildman–Crippen MR) is 85.1 cm³/mol. The zero-order valence-electron chi connectivity index (χ0n) is 11.5. The van der Waals surface area contributed by atoms with Crippen molar-refractivity contribution in [2.45, 2.75) is 18.7 Å². The van der Waals surface area contributed by atoms with E-state index in [1.54, 1.807) is 12.1 Å². The zero-order chi connectivity index (χ0) is 15.2. The van der Waals surface area contributed by atoms with Gasteiger partial charge in [0.15, 0.2) is 21.3 Å². The Morgan fingerprint density at radius 1 is 1.30 bits per heavy atom. The number of hydrogen-bond acceptors (Lipinski definition) is 4.